The van der Waals surface area contributed by atoms with Gasteiger partial charge in [0, 0.05) is 39.3 Å². The standard InChI is InChI=1S/C72H50N6/c1-5-17-49(18-6-1)53-31-39-57(40-32-53)67-73-68(58-41-33-54(34-42-58)50-19-7-2-8-20-50)76-71(75-67)63-27-15-25-61(47-63)65-29-13-14-30-66(65)62-26-16-28-64(48-62)72-77-69(59-43-35-55(36-44-59)51-21-9-3-10-22-51)74-70(78-72)60-45-37-56(38-46-60)52-23-11-4-12-24-52/h1-37,39-48,56H,38H2. The Bertz CT molecular complexity index is 4020. The lowest BCUT2D eigenvalue weighted by molar-refractivity contribution is 0.854. The second-order valence-corrected chi connectivity index (χ2v) is 19.4. The molecule has 10 aromatic carbocycles. The molecule has 12 aromatic rings. The fraction of sp³-hybridized carbons (Fsp3) is 0.0278. The van der Waals surface area contributed by atoms with E-state index in [1.165, 1.54) is 5.56 Å². The Balaban J connectivity index is 0.859. The van der Waals surface area contributed by atoms with Crippen molar-refractivity contribution in [2.45, 2.75) is 12.3 Å². The number of nitrogens with zero attached hydrogens (tertiary/aromatic N) is 6. The van der Waals surface area contributed by atoms with E-state index in [1.807, 2.05) is 18.2 Å². The van der Waals surface area contributed by atoms with Crippen LogP contribution in [-0.4, -0.2) is 29.9 Å². The molecule has 0 fully saturated rings. The van der Waals surface area contributed by atoms with Gasteiger partial charge in [-0.1, -0.05) is 273 Å². The maximum absolute atomic E-state index is 5.21. The zero-order valence-corrected chi connectivity index (χ0v) is 42.6. The lowest BCUT2D eigenvalue weighted by Gasteiger charge is -2.17. The lowest BCUT2D eigenvalue weighted by atomic mass is 9.90. The van der Waals surface area contributed by atoms with E-state index in [-0.39, 0.29) is 5.92 Å². The highest BCUT2D eigenvalue weighted by Crippen LogP contribution is 2.38. The topological polar surface area (TPSA) is 77.3 Å². The normalized spacial score (nSPS) is 13.0. The monoisotopic (exact) mass is 998 g/mol. The third kappa shape index (κ3) is 10.1. The molecule has 0 saturated heterocycles. The van der Waals surface area contributed by atoms with Crippen molar-refractivity contribution in [1.82, 2.24) is 29.9 Å². The van der Waals surface area contributed by atoms with Gasteiger partial charge in [0.25, 0.3) is 0 Å². The Morgan fingerprint density at radius 3 is 0.910 bits per heavy atom. The highest BCUT2D eigenvalue weighted by molar-refractivity contribution is 5.87. The van der Waals surface area contributed by atoms with Gasteiger partial charge in [0.2, 0.25) is 0 Å². The van der Waals surface area contributed by atoms with Crippen LogP contribution in [-0.2, 0) is 0 Å². The van der Waals surface area contributed by atoms with Crippen LogP contribution in [0.1, 0.15) is 23.7 Å². The van der Waals surface area contributed by atoms with Crippen LogP contribution in [0.5, 0.6) is 0 Å². The van der Waals surface area contributed by atoms with Crippen LogP contribution < -0.4 is 0 Å². The summed E-state index contributed by atoms with van der Waals surface area (Å²) in [5.74, 6) is 3.95. The van der Waals surface area contributed by atoms with E-state index in [1.54, 1.807) is 0 Å². The Kier molecular flexibility index (Phi) is 13.1. The highest BCUT2D eigenvalue weighted by Gasteiger charge is 2.19. The van der Waals surface area contributed by atoms with Crippen LogP contribution in [0.3, 0.4) is 0 Å². The number of rotatable bonds is 12. The average Bonchev–Trinajstić information content (AvgIpc) is 3.55. The Morgan fingerprint density at radius 1 is 0.244 bits per heavy atom. The second kappa shape index (κ2) is 21.5. The van der Waals surface area contributed by atoms with Crippen molar-refractivity contribution in [3.05, 3.63) is 297 Å². The largest absolute Gasteiger partial charge is 0.208 e. The minimum Gasteiger partial charge on any atom is -0.208 e. The van der Waals surface area contributed by atoms with E-state index in [0.717, 1.165) is 95.4 Å². The summed E-state index contributed by atoms with van der Waals surface area (Å²) in [6.45, 7) is 0. The van der Waals surface area contributed by atoms with Crippen LogP contribution in [0.15, 0.2) is 285 Å². The number of allylic oxidation sites excluding steroid dienone is 4. The van der Waals surface area contributed by atoms with Gasteiger partial charge in [-0.25, -0.2) is 29.9 Å². The molecule has 368 valence electrons. The molecule has 0 saturated carbocycles. The molecular weight excluding hydrogens is 949 g/mol. The van der Waals surface area contributed by atoms with Gasteiger partial charge in [0.05, 0.1) is 0 Å². The maximum atomic E-state index is 5.21. The van der Waals surface area contributed by atoms with Gasteiger partial charge in [-0.05, 0) is 79.8 Å². The van der Waals surface area contributed by atoms with E-state index in [9.17, 15) is 0 Å². The van der Waals surface area contributed by atoms with Gasteiger partial charge in [-0.3, -0.25) is 0 Å². The number of hydrogen-bond donors (Lipinski definition) is 0. The Morgan fingerprint density at radius 2 is 0.538 bits per heavy atom. The summed E-state index contributed by atoms with van der Waals surface area (Å²) < 4.78 is 0. The van der Waals surface area contributed by atoms with Crippen molar-refractivity contribution >= 4 is 5.57 Å². The molecule has 0 spiro atoms. The first-order valence-electron chi connectivity index (χ1n) is 26.4. The molecule has 0 bridgehead atoms. The molecule has 6 heteroatoms. The molecular formula is C72H50N6. The molecule has 0 aliphatic heterocycles. The summed E-state index contributed by atoms with van der Waals surface area (Å²) in [4.78, 5) is 31.0. The molecule has 1 aliphatic rings. The predicted octanol–water partition coefficient (Wildman–Crippen LogP) is 17.9. The molecule has 1 unspecified atom stereocenters. The van der Waals surface area contributed by atoms with Crippen molar-refractivity contribution in [3.8, 4) is 113 Å². The van der Waals surface area contributed by atoms with Gasteiger partial charge in [-0.15, -0.1) is 0 Å². The van der Waals surface area contributed by atoms with E-state index >= 15 is 0 Å². The third-order valence-corrected chi connectivity index (χ3v) is 14.4. The minimum absolute atomic E-state index is 0.290. The van der Waals surface area contributed by atoms with Crippen molar-refractivity contribution < 1.29 is 0 Å². The average molecular weight is 999 g/mol. The second-order valence-electron chi connectivity index (χ2n) is 19.4. The smallest absolute Gasteiger partial charge is 0.164 e. The molecule has 0 amide bonds. The molecule has 0 N–H and O–H groups in total. The first-order valence-corrected chi connectivity index (χ1v) is 26.4. The van der Waals surface area contributed by atoms with E-state index in [0.29, 0.717) is 34.9 Å². The Labute approximate surface area is 454 Å². The zero-order chi connectivity index (χ0) is 52.0. The summed E-state index contributed by atoms with van der Waals surface area (Å²) in [6.07, 6.45) is 7.54. The fourth-order valence-electron chi connectivity index (χ4n) is 10.2. The first-order chi connectivity index (χ1) is 38.6. The predicted molar refractivity (Wildman–Crippen MR) is 318 cm³/mol. The van der Waals surface area contributed by atoms with E-state index in [4.69, 9.17) is 29.9 Å². The fourth-order valence-corrected chi connectivity index (χ4v) is 10.2. The highest BCUT2D eigenvalue weighted by atomic mass is 15.0. The summed E-state index contributed by atoms with van der Waals surface area (Å²) in [5, 5.41) is 0. The SMILES string of the molecule is C1=CC(c2ccccc2)CC=C1c1nc(-c2ccc(-c3ccccc3)cc2)nc(-c2cccc(-c3ccccc3-c3cccc(-c4nc(-c5ccc(-c6ccccc6)cc5)nc(-c5ccc(-c6ccccc6)cc5)n4)c3)c2)n1. The lowest BCUT2D eigenvalue weighted by Crippen LogP contribution is -2.05. The van der Waals surface area contributed by atoms with Crippen molar-refractivity contribution in [3.63, 3.8) is 0 Å². The quantitative estimate of drug-likeness (QED) is 0.121. The Hall–Kier alpha value is -10.3. The number of aromatic nitrogens is 6. The molecule has 0 radical (unpaired) electrons. The molecule has 6 nitrogen and oxygen atoms in total. The summed E-state index contributed by atoms with van der Waals surface area (Å²) in [5.41, 5.74) is 17.8. The van der Waals surface area contributed by atoms with Crippen molar-refractivity contribution in [2.24, 2.45) is 0 Å². The molecule has 2 aromatic heterocycles. The molecule has 1 atom stereocenters. The van der Waals surface area contributed by atoms with Gasteiger partial charge in [0.1, 0.15) is 0 Å². The van der Waals surface area contributed by atoms with Crippen LogP contribution in [0.4, 0.5) is 0 Å². The zero-order valence-electron chi connectivity index (χ0n) is 42.6. The molecule has 13 rings (SSSR count). The maximum Gasteiger partial charge on any atom is 0.164 e. The van der Waals surface area contributed by atoms with E-state index in [2.05, 4.69) is 267 Å². The molecule has 78 heavy (non-hydrogen) atoms. The van der Waals surface area contributed by atoms with Gasteiger partial charge in [-0.2, -0.15) is 0 Å². The molecule has 2 heterocycles. The van der Waals surface area contributed by atoms with Crippen LogP contribution in [0.25, 0.3) is 118 Å². The van der Waals surface area contributed by atoms with Crippen LogP contribution >= 0.6 is 0 Å². The van der Waals surface area contributed by atoms with Gasteiger partial charge >= 0.3 is 0 Å². The summed E-state index contributed by atoms with van der Waals surface area (Å²) in [7, 11) is 0. The van der Waals surface area contributed by atoms with Crippen molar-refractivity contribution in [2.75, 3.05) is 0 Å². The van der Waals surface area contributed by atoms with Gasteiger partial charge < -0.3 is 0 Å². The first kappa shape index (κ1) is 47.4. The summed E-state index contributed by atoms with van der Waals surface area (Å²) in [6, 6.07) is 92.8. The minimum atomic E-state index is 0.290. The number of benzene rings is 10. The molecule has 1 aliphatic carbocycles. The summed E-state index contributed by atoms with van der Waals surface area (Å²) >= 11 is 0. The van der Waals surface area contributed by atoms with Gasteiger partial charge in [0.15, 0.2) is 34.9 Å². The van der Waals surface area contributed by atoms with Crippen molar-refractivity contribution in [1.29, 1.82) is 0 Å². The van der Waals surface area contributed by atoms with Crippen LogP contribution in [0.2, 0.25) is 0 Å². The third-order valence-electron chi connectivity index (χ3n) is 14.4. The van der Waals surface area contributed by atoms with Crippen LogP contribution in [0, 0.1) is 0 Å². The number of hydrogen-bond acceptors (Lipinski definition) is 6. The van der Waals surface area contributed by atoms with E-state index < -0.39 is 0 Å².